The molecule has 2 aromatic heterocycles. The van der Waals surface area contributed by atoms with Gasteiger partial charge in [0.05, 0.1) is 10.7 Å². The van der Waals surface area contributed by atoms with Crippen molar-refractivity contribution in [3.8, 4) is 0 Å². The molecule has 0 aliphatic carbocycles. The second kappa shape index (κ2) is 11.7. The first kappa shape index (κ1) is 28.0. The van der Waals surface area contributed by atoms with E-state index in [-0.39, 0.29) is 22.3 Å². The van der Waals surface area contributed by atoms with E-state index in [0.717, 1.165) is 28.6 Å². The van der Waals surface area contributed by atoms with Crippen molar-refractivity contribution in [1.82, 2.24) is 10.1 Å². The summed E-state index contributed by atoms with van der Waals surface area (Å²) >= 11 is 6.93. The second-order valence-electron chi connectivity index (χ2n) is 9.46. The Balaban J connectivity index is 0.000000208. The van der Waals surface area contributed by atoms with Crippen molar-refractivity contribution in [2.75, 3.05) is 10.6 Å². The molecule has 194 valence electrons. The van der Waals surface area contributed by atoms with Crippen LogP contribution in [0.4, 0.5) is 15.3 Å². The first-order valence-corrected chi connectivity index (χ1v) is 12.6. The largest absolute Gasteiger partial charge is 0.359 e. The number of thiazole rings is 1. The molecule has 2 amide bonds. The molecule has 4 rings (SSSR count). The summed E-state index contributed by atoms with van der Waals surface area (Å²) in [6.07, 6.45) is 0. The smallest absolute Gasteiger partial charge is 0.257 e. The number of carbonyl (C=O) groups excluding carboxylic acids is 2. The van der Waals surface area contributed by atoms with Crippen LogP contribution in [-0.2, 0) is 5.41 Å². The Hall–Kier alpha value is -3.56. The molecular formula is C27H28ClFN4O3S. The van der Waals surface area contributed by atoms with E-state index in [0.29, 0.717) is 22.1 Å². The molecule has 0 unspecified atom stereocenters. The topological polar surface area (TPSA) is 97.1 Å². The maximum atomic E-state index is 12.9. The Kier molecular flexibility index (Phi) is 8.83. The van der Waals surface area contributed by atoms with Crippen molar-refractivity contribution in [2.24, 2.45) is 0 Å². The van der Waals surface area contributed by atoms with Gasteiger partial charge in [-0.15, -0.1) is 11.3 Å². The van der Waals surface area contributed by atoms with Crippen LogP contribution in [0.3, 0.4) is 0 Å². The fraction of sp³-hybridized carbons (Fsp3) is 0.259. The van der Waals surface area contributed by atoms with Crippen molar-refractivity contribution >= 4 is 45.7 Å². The van der Waals surface area contributed by atoms with Crippen molar-refractivity contribution in [2.45, 2.75) is 47.0 Å². The molecule has 0 radical (unpaired) electrons. The second-order valence-corrected chi connectivity index (χ2v) is 10.7. The minimum absolute atomic E-state index is 0.0760. The third kappa shape index (κ3) is 7.71. The van der Waals surface area contributed by atoms with Crippen LogP contribution in [0.5, 0.6) is 0 Å². The molecule has 0 saturated carbocycles. The van der Waals surface area contributed by atoms with Crippen molar-refractivity contribution in [1.29, 1.82) is 0 Å². The predicted octanol–water partition coefficient (Wildman–Crippen LogP) is 7.34. The third-order valence-corrected chi connectivity index (χ3v) is 6.45. The molecule has 0 bridgehead atoms. The number of rotatable bonds is 4. The zero-order valence-corrected chi connectivity index (χ0v) is 23.0. The Morgan fingerprint density at radius 3 is 2.16 bits per heavy atom. The molecule has 10 heteroatoms. The molecule has 0 atom stereocenters. The van der Waals surface area contributed by atoms with Gasteiger partial charge in [-0.25, -0.2) is 9.37 Å². The molecule has 7 nitrogen and oxygen atoms in total. The predicted molar refractivity (Wildman–Crippen MR) is 145 cm³/mol. The average molecular weight is 543 g/mol. The molecule has 0 saturated heterocycles. The Morgan fingerprint density at radius 1 is 0.946 bits per heavy atom. The standard InChI is InChI=1S/C16H20N2O2.C11H8ClFN2OS/c1-10-6-7-12(8-11(10)2)15(19)17-14-9-13(20-18-14)16(3,4)5;1-6-5-17-11(14-6)15-10(16)7-2-3-9(13)8(12)4-7/h6-9H,1-5H3,(H,17,18,19);2-5H,1H3,(H,14,15,16). The number of benzene rings is 2. The molecular weight excluding hydrogens is 515 g/mol. The van der Waals surface area contributed by atoms with Gasteiger partial charge in [0.25, 0.3) is 11.8 Å². The SMILES string of the molecule is Cc1ccc(C(=O)Nc2cc(C(C)(C)C)on2)cc1C.Cc1csc(NC(=O)c2ccc(F)c(Cl)c2)n1. The van der Waals surface area contributed by atoms with Gasteiger partial charge in [-0.05, 0) is 62.2 Å². The van der Waals surface area contributed by atoms with Crippen LogP contribution in [0.25, 0.3) is 0 Å². The lowest BCUT2D eigenvalue weighted by Crippen LogP contribution is -2.12. The normalized spacial score (nSPS) is 10.9. The number of aromatic nitrogens is 2. The van der Waals surface area contributed by atoms with Crippen LogP contribution < -0.4 is 10.6 Å². The van der Waals surface area contributed by atoms with Gasteiger partial charge in [0, 0.05) is 28.0 Å². The van der Waals surface area contributed by atoms with Crippen LogP contribution in [0.1, 0.15) is 64.1 Å². The first-order chi connectivity index (χ1) is 17.3. The molecule has 0 aliphatic rings. The minimum atomic E-state index is -0.548. The van der Waals surface area contributed by atoms with E-state index in [4.69, 9.17) is 16.1 Å². The summed E-state index contributed by atoms with van der Waals surface area (Å²) in [5.41, 5.74) is 3.88. The number of nitrogens with zero attached hydrogens (tertiary/aromatic N) is 2. The van der Waals surface area contributed by atoms with Gasteiger partial charge in [-0.2, -0.15) is 0 Å². The number of hydrogen-bond donors (Lipinski definition) is 2. The lowest BCUT2D eigenvalue weighted by molar-refractivity contribution is 0.101. The van der Waals surface area contributed by atoms with Crippen molar-refractivity contribution < 1.29 is 18.5 Å². The van der Waals surface area contributed by atoms with Gasteiger partial charge < -0.3 is 9.84 Å². The molecule has 0 spiro atoms. The van der Waals surface area contributed by atoms with E-state index in [1.165, 1.54) is 23.5 Å². The quantitative estimate of drug-likeness (QED) is 0.281. The van der Waals surface area contributed by atoms with Gasteiger partial charge in [-0.3, -0.25) is 14.9 Å². The number of aryl methyl sites for hydroxylation is 3. The monoisotopic (exact) mass is 542 g/mol. The molecule has 2 heterocycles. The van der Waals surface area contributed by atoms with E-state index in [9.17, 15) is 14.0 Å². The van der Waals surface area contributed by atoms with Gasteiger partial charge in [0.2, 0.25) is 0 Å². The summed E-state index contributed by atoms with van der Waals surface area (Å²) in [5, 5.41) is 11.5. The number of anilines is 2. The Bertz CT molecular complexity index is 1430. The lowest BCUT2D eigenvalue weighted by Gasteiger charge is -2.12. The van der Waals surface area contributed by atoms with Crippen LogP contribution in [0, 0.1) is 26.6 Å². The van der Waals surface area contributed by atoms with E-state index >= 15 is 0 Å². The van der Waals surface area contributed by atoms with Gasteiger partial charge in [0.15, 0.2) is 10.9 Å². The highest BCUT2D eigenvalue weighted by molar-refractivity contribution is 7.13. The van der Waals surface area contributed by atoms with Crippen LogP contribution >= 0.6 is 22.9 Å². The highest BCUT2D eigenvalue weighted by Gasteiger charge is 2.20. The average Bonchev–Trinajstić information content (AvgIpc) is 3.46. The minimum Gasteiger partial charge on any atom is -0.359 e. The number of amides is 2. The molecule has 0 aliphatic heterocycles. The first-order valence-electron chi connectivity index (χ1n) is 11.4. The molecule has 2 N–H and O–H groups in total. The van der Waals surface area contributed by atoms with Gasteiger partial charge in [0.1, 0.15) is 11.6 Å². The summed E-state index contributed by atoms with van der Waals surface area (Å²) in [5.74, 6) is 0.0995. The molecule has 4 aromatic rings. The van der Waals surface area contributed by atoms with E-state index in [2.05, 4.69) is 20.8 Å². The fourth-order valence-electron chi connectivity index (χ4n) is 2.98. The van der Waals surface area contributed by atoms with E-state index in [1.54, 1.807) is 6.07 Å². The van der Waals surface area contributed by atoms with E-state index in [1.807, 2.05) is 65.1 Å². The van der Waals surface area contributed by atoms with Gasteiger partial charge in [-0.1, -0.05) is 43.6 Å². The van der Waals surface area contributed by atoms with Crippen molar-refractivity contribution in [3.63, 3.8) is 0 Å². The summed E-state index contributed by atoms with van der Waals surface area (Å²) in [4.78, 5) is 28.0. The summed E-state index contributed by atoms with van der Waals surface area (Å²) < 4.78 is 18.2. The Morgan fingerprint density at radius 2 is 1.59 bits per heavy atom. The summed E-state index contributed by atoms with van der Waals surface area (Å²) in [6.45, 7) is 11.9. The number of nitrogens with one attached hydrogen (secondary N) is 2. The number of hydrogen-bond acceptors (Lipinski definition) is 6. The Labute approximate surface area is 224 Å². The number of carbonyl (C=O) groups is 2. The summed E-state index contributed by atoms with van der Waals surface area (Å²) in [7, 11) is 0. The van der Waals surface area contributed by atoms with Gasteiger partial charge >= 0.3 is 0 Å². The fourth-order valence-corrected chi connectivity index (χ4v) is 3.84. The molecule has 2 aromatic carbocycles. The van der Waals surface area contributed by atoms with E-state index < -0.39 is 5.82 Å². The zero-order valence-electron chi connectivity index (χ0n) is 21.4. The number of halogens is 2. The van der Waals surface area contributed by atoms with Crippen LogP contribution in [0.2, 0.25) is 5.02 Å². The lowest BCUT2D eigenvalue weighted by atomic mass is 9.93. The highest BCUT2D eigenvalue weighted by Crippen LogP contribution is 2.25. The zero-order chi connectivity index (χ0) is 27.3. The van der Waals surface area contributed by atoms with Crippen LogP contribution in [-0.4, -0.2) is 22.0 Å². The third-order valence-electron chi connectivity index (χ3n) is 5.28. The maximum absolute atomic E-state index is 12.9. The van der Waals surface area contributed by atoms with Crippen LogP contribution in [0.15, 0.2) is 52.4 Å². The summed E-state index contributed by atoms with van der Waals surface area (Å²) in [6, 6.07) is 11.2. The maximum Gasteiger partial charge on any atom is 0.257 e. The molecule has 0 fully saturated rings. The molecule has 37 heavy (non-hydrogen) atoms. The van der Waals surface area contributed by atoms with Crippen molar-refractivity contribution in [3.05, 3.63) is 92.4 Å². The highest BCUT2D eigenvalue weighted by atomic mass is 35.5.